The van der Waals surface area contributed by atoms with Gasteiger partial charge in [-0.3, -0.25) is 9.69 Å². The van der Waals surface area contributed by atoms with E-state index in [0.29, 0.717) is 6.04 Å². The minimum Gasteiger partial charge on any atom is -0.497 e. The summed E-state index contributed by atoms with van der Waals surface area (Å²) in [6.45, 7) is 3.43. The third kappa shape index (κ3) is 6.13. The van der Waals surface area contributed by atoms with Crippen molar-refractivity contribution in [2.24, 2.45) is 0 Å². The van der Waals surface area contributed by atoms with Crippen molar-refractivity contribution in [3.63, 3.8) is 0 Å². The van der Waals surface area contributed by atoms with Crippen molar-refractivity contribution in [1.29, 1.82) is 0 Å². The van der Waals surface area contributed by atoms with Gasteiger partial charge in [-0.1, -0.05) is 12.1 Å². The smallest absolute Gasteiger partial charge is 0.317 e. The molecule has 5 heteroatoms. The van der Waals surface area contributed by atoms with E-state index in [0.717, 1.165) is 57.5 Å². The third-order valence-corrected chi connectivity index (χ3v) is 4.87. The third-order valence-electron chi connectivity index (χ3n) is 4.87. The van der Waals surface area contributed by atoms with Gasteiger partial charge in [0.15, 0.2) is 0 Å². The maximum Gasteiger partial charge on any atom is 0.317 e. The van der Waals surface area contributed by atoms with Gasteiger partial charge in [-0.05, 0) is 76.5 Å². The summed E-state index contributed by atoms with van der Waals surface area (Å²) in [4.78, 5) is 15.4. The van der Waals surface area contributed by atoms with E-state index in [2.05, 4.69) is 17.0 Å². The number of nitrogens with zero attached hydrogens (tertiary/aromatic N) is 2. The molecular formula is C19H30N2O3. The maximum absolute atomic E-state index is 10.9. The van der Waals surface area contributed by atoms with E-state index in [-0.39, 0.29) is 6.54 Å². The molecule has 1 atom stereocenters. The van der Waals surface area contributed by atoms with Gasteiger partial charge < -0.3 is 14.7 Å². The first-order chi connectivity index (χ1) is 11.6. The van der Waals surface area contributed by atoms with Crippen LogP contribution in [0.15, 0.2) is 24.3 Å². The van der Waals surface area contributed by atoms with Crippen molar-refractivity contribution in [3.8, 4) is 5.75 Å². The van der Waals surface area contributed by atoms with E-state index in [9.17, 15) is 4.79 Å². The number of aliphatic carboxylic acids is 1. The minimum absolute atomic E-state index is 0.139. The number of hydrogen-bond donors (Lipinski definition) is 1. The largest absolute Gasteiger partial charge is 0.497 e. The Hall–Kier alpha value is -1.59. The van der Waals surface area contributed by atoms with Crippen LogP contribution >= 0.6 is 0 Å². The van der Waals surface area contributed by atoms with Crippen LogP contribution in [-0.4, -0.2) is 67.3 Å². The van der Waals surface area contributed by atoms with Crippen LogP contribution in [0.25, 0.3) is 0 Å². The van der Waals surface area contributed by atoms with Crippen molar-refractivity contribution in [2.75, 3.05) is 40.3 Å². The van der Waals surface area contributed by atoms with Crippen molar-refractivity contribution < 1.29 is 14.6 Å². The van der Waals surface area contributed by atoms with Crippen molar-refractivity contribution in [3.05, 3.63) is 29.8 Å². The SMILES string of the molecule is COc1cccc(CCCN2CCCC(N(C)CC(=O)O)CC2)c1. The van der Waals surface area contributed by atoms with Crippen molar-refractivity contribution >= 4 is 5.97 Å². The Labute approximate surface area is 145 Å². The number of rotatable bonds is 8. The van der Waals surface area contributed by atoms with Crippen LogP contribution in [0.2, 0.25) is 0 Å². The van der Waals surface area contributed by atoms with E-state index < -0.39 is 5.97 Å². The Morgan fingerprint density at radius 3 is 2.96 bits per heavy atom. The number of likely N-dealkylation sites (tertiary alicyclic amines) is 1. The lowest BCUT2D eigenvalue weighted by molar-refractivity contribution is -0.138. The lowest BCUT2D eigenvalue weighted by Gasteiger charge is -2.25. The number of methoxy groups -OCH3 is 1. The van der Waals surface area contributed by atoms with Crippen LogP contribution in [0.1, 0.15) is 31.2 Å². The first-order valence-electron chi connectivity index (χ1n) is 8.86. The number of benzene rings is 1. The molecule has 5 nitrogen and oxygen atoms in total. The predicted molar refractivity (Wildman–Crippen MR) is 95.7 cm³/mol. The summed E-state index contributed by atoms with van der Waals surface area (Å²) in [5, 5.41) is 8.94. The summed E-state index contributed by atoms with van der Waals surface area (Å²) in [6.07, 6.45) is 5.51. The van der Waals surface area contributed by atoms with Gasteiger partial charge in [-0.2, -0.15) is 0 Å². The minimum atomic E-state index is -0.739. The number of carbonyl (C=O) groups is 1. The molecule has 0 radical (unpaired) electrons. The molecule has 1 aromatic rings. The first-order valence-corrected chi connectivity index (χ1v) is 8.86. The molecule has 0 amide bonds. The summed E-state index contributed by atoms with van der Waals surface area (Å²) in [7, 11) is 3.63. The second-order valence-electron chi connectivity index (χ2n) is 6.69. The molecule has 0 bridgehead atoms. The lowest BCUT2D eigenvalue weighted by Crippen LogP contribution is -2.36. The van der Waals surface area contributed by atoms with E-state index in [1.54, 1.807) is 7.11 Å². The summed E-state index contributed by atoms with van der Waals surface area (Å²) < 4.78 is 5.27. The second-order valence-corrected chi connectivity index (χ2v) is 6.69. The average molecular weight is 334 g/mol. The Morgan fingerprint density at radius 2 is 2.21 bits per heavy atom. The van der Waals surface area contributed by atoms with E-state index in [1.807, 2.05) is 24.1 Å². The molecule has 0 aliphatic carbocycles. The van der Waals surface area contributed by atoms with E-state index in [4.69, 9.17) is 9.84 Å². The van der Waals surface area contributed by atoms with Crippen LogP contribution < -0.4 is 4.74 Å². The van der Waals surface area contributed by atoms with E-state index in [1.165, 1.54) is 5.56 Å². The predicted octanol–water partition coefficient (Wildman–Crippen LogP) is 2.50. The first kappa shape index (κ1) is 18.7. The Kier molecular flexibility index (Phi) is 7.53. The van der Waals surface area contributed by atoms with Gasteiger partial charge in [0, 0.05) is 6.04 Å². The molecule has 1 N–H and O–H groups in total. The number of ether oxygens (including phenoxy) is 1. The Bertz CT molecular complexity index is 521. The highest BCUT2D eigenvalue weighted by Gasteiger charge is 2.21. The molecule has 1 fully saturated rings. The number of aryl methyl sites for hydroxylation is 1. The summed E-state index contributed by atoms with van der Waals surface area (Å²) in [6, 6.07) is 8.68. The van der Waals surface area contributed by atoms with Crippen LogP contribution in [0, 0.1) is 0 Å². The van der Waals surface area contributed by atoms with Gasteiger partial charge >= 0.3 is 5.97 Å². The lowest BCUT2D eigenvalue weighted by atomic mass is 10.1. The van der Waals surface area contributed by atoms with Crippen LogP contribution in [0.3, 0.4) is 0 Å². The maximum atomic E-state index is 10.9. The number of carboxylic acid groups (broad SMARTS) is 1. The second kappa shape index (κ2) is 9.64. The monoisotopic (exact) mass is 334 g/mol. The molecule has 0 saturated carbocycles. The molecule has 134 valence electrons. The highest BCUT2D eigenvalue weighted by Crippen LogP contribution is 2.17. The Morgan fingerprint density at radius 1 is 1.38 bits per heavy atom. The fourth-order valence-electron chi connectivity index (χ4n) is 3.48. The summed E-state index contributed by atoms with van der Waals surface area (Å²) in [5.74, 6) is 0.184. The standard InChI is InChI=1S/C19H30N2O3/c1-20(15-19(22)23)17-8-5-12-21(13-10-17)11-4-7-16-6-3-9-18(14-16)24-2/h3,6,9,14,17H,4-5,7-8,10-13,15H2,1-2H3,(H,22,23). The number of carboxylic acids is 1. The molecule has 0 spiro atoms. The topological polar surface area (TPSA) is 53.0 Å². The Balaban J connectivity index is 1.73. The number of hydrogen-bond acceptors (Lipinski definition) is 4. The normalized spacial score (nSPS) is 19.2. The molecular weight excluding hydrogens is 304 g/mol. The summed E-state index contributed by atoms with van der Waals surface area (Å²) >= 11 is 0. The molecule has 1 aliphatic rings. The zero-order valence-corrected chi connectivity index (χ0v) is 14.9. The van der Waals surface area contributed by atoms with Crippen LogP contribution in [0.4, 0.5) is 0 Å². The molecule has 1 unspecified atom stereocenters. The highest BCUT2D eigenvalue weighted by atomic mass is 16.5. The molecule has 1 aromatic carbocycles. The highest BCUT2D eigenvalue weighted by molar-refractivity contribution is 5.69. The molecule has 2 rings (SSSR count). The quantitative estimate of drug-likeness (QED) is 0.792. The molecule has 1 saturated heterocycles. The van der Waals surface area contributed by atoms with Gasteiger partial charge in [0.05, 0.1) is 13.7 Å². The fraction of sp³-hybridized carbons (Fsp3) is 0.632. The number of likely N-dealkylation sites (N-methyl/N-ethyl adjacent to an activating group) is 1. The van der Waals surface area contributed by atoms with Crippen LogP contribution in [-0.2, 0) is 11.2 Å². The average Bonchev–Trinajstić information content (AvgIpc) is 2.80. The van der Waals surface area contributed by atoms with Gasteiger partial charge in [0.1, 0.15) is 5.75 Å². The van der Waals surface area contributed by atoms with Gasteiger partial charge in [0.25, 0.3) is 0 Å². The zero-order valence-electron chi connectivity index (χ0n) is 14.9. The van der Waals surface area contributed by atoms with Crippen molar-refractivity contribution in [2.45, 2.75) is 38.1 Å². The summed E-state index contributed by atoms with van der Waals surface area (Å²) in [5.41, 5.74) is 1.32. The zero-order chi connectivity index (χ0) is 17.4. The van der Waals surface area contributed by atoms with Crippen molar-refractivity contribution in [1.82, 2.24) is 9.80 Å². The molecule has 24 heavy (non-hydrogen) atoms. The van der Waals surface area contributed by atoms with Crippen LogP contribution in [0.5, 0.6) is 5.75 Å². The molecule has 1 heterocycles. The molecule has 1 aliphatic heterocycles. The van der Waals surface area contributed by atoms with E-state index >= 15 is 0 Å². The van der Waals surface area contributed by atoms with Gasteiger partial charge in [-0.25, -0.2) is 0 Å². The fourth-order valence-corrected chi connectivity index (χ4v) is 3.48. The molecule has 0 aromatic heterocycles. The van der Waals surface area contributed by atoms with Gasteiger partial charge in [-0.15, -0.1) is 0 Å². The van der Waals surface area contributed by atoms with Gasteiger partial charge in [0.2, 0.25) is 0 Å².